The lowest BCUT2D eigenvalue weighted by Crippen LogP contribution is -2.56. The van der Waals surface area contributed by atoms with Gasteiger partial charge in [-0.15, -0.1) is 0 Å². The molecule has 1 saturated heterocycles. The first-order chi connectivity index (χ1) is 13.4. The maximum atomic E-state index is 13.1. The number of amides is 1. The summed E-state index contributed by atoms with van der Waals surface area (Å²) in [6, 6.07) is 1.60. The highest BCUT2D eigenvalue weighted by atomic mass is 32.1. The number of ether oxygens (including phenoxy) is 1. The summed E-state index contributed by atoms with van der Waals surface area (Å²) in [4.78, 5) is 43.7. The molecular weight excluding hydrogens is 382 g/mol. The number of hydrogen-bond donors (Lipinski definition) is 0. The first kappa shape index (κ1) is 18.5. The first-order valence-electron chi connectivity index (χ1n) is 9.07. The van der Waals surface area contributed by atoms with Crippen LogP contribution in [-0.2, 0) is 20.6 Å². The molecule has 148 valence electrons. The zero-order valence-electron chi connectivity index (χ0n) is 15.9. The summed E-state index contributed by atoms with van der Waals surface area (Å²) in [6.45, 7) is 3.45. The Morgan fingerprint density at radius 1 is 1.29 bits per heavy atom. The highest BCUT2D eigenvalue weighted by Gasteiger charge is 2.35. The molecule has 0 spiro atoms. The van der Waals surface area contributed by atoms with Crippen LogP contribution in [0.4, 0.5) is 0 Å². The molecule has 0 N–H and O–H groups in total. The van der Waals surface area contributed by atoms with Gasteiger partial charge in [-0.3, -0.25) is 18.7 Å². The zero-order valence-corrected chi connectivity index (χ0v) is 16.7. The van der Waals surface area contributed by atoms with Crippen LogP contribution < -0.4 is 16.0 Å². The van der Waals surface area contributed by atoms with Crippen molar-refractivity contribution >= 4 is 28.3 Å². The molecule has 3 aromatic heterocycles. The SMILES string of the molecule is CCCn1c(C(=O)N2CC(Oc3nccs3)C2)cc2c(=O)n(C)c(=O)n(C)c21. The number of aromatic nitrogens is 4. The molecule has 9 nitrogen and oxygen atoms in total. The number of aryl methyl sites for hydroxylation is 2. The molecule has 0 aromatic carbocycles. The van der Waals surface area contributed by atoms with Gasteiger partial charge in [-0.1, -0.05) is 18.3 Å². The summed E-state index contributed by atoms with van der Waals surface area (Å²) in [7, 11) is 3.06. The smallest absolute Gasteiger partial charge is 0.332 e. The van der Waals surface area contributed by atoms with E-state index in [1.165, 1.54) is 23.0 Å². The molecule has 0 radical (unpaired) electrons. The maximum absolute atomic E-state index is 13.1. The fourth-order valence-corrected chi connectivity index (χ4v) is 4.07. The number of likely N-dealkylation sites (tertiary alicyclic amines) is 1. The van der Waals surface area contributed by atoms with Crippen LogP contribution in [0.1, 0.15) is 23.8 Å². The van der Waals surface area contributed by atoms with Crippen LogP contribution in [0.15, 0.2) is 27.2 Å². The molecule has 10 heteroatoms. The number of nitrogens with zero attached hydrogens (tertiary/aromatic N) is 5. The minimum Gasteiger partial charge on any atom is -0.463 e. The Morgan fingerprint density at radius 3 is 2.68 bits per heavy atom. The molecule has 4 rings (SSSR count). The average Bonchev–Trinajstić information content (AvgIpc) is 3.28. The van der Waals surface area contributed by atoms with Crippen molar-refractivity contribution in [2.75, 3.05) is 13.1 Å². The van der Waals surface area contributed by atoms with E-state index in [4.69, 9.17) is 4.74 Å². The summed E-state index contributed by atoms with van der Waals surface area (Å²) in [5, 5.41) is 2.80. The van der Waals surface area contributed by atoms with Crippen molar-refractivity contribution < 1.29 is 9.53 Å². The summed E-state index contributed by atoms with van der Waals surface area (Å²) in [5.41, 5.74) is 0.0978. The number of carbonyl (C=O) groups is 1. The summed E-state index contributed by atoms with van der Waals surface area (Å²) >= 11 is 1.41. The molecule has 0 atom stereocenters. The molecule has 4 heterocycles. The van der Waals surface area contributed by atoms with Crippen molar-refractivity contribution in [2.24, 2.45) is 14.1 Å². The molecule has 0 aliphatic carbocycles. The van der Waals surface area contributed by atoms with Gasteiger partial charge in [-0.05, 0) is 12.5 Å². The molecule has 1 amide bonds. The van der Waals surface area contributed by atoms with Gasteiger partial charge in [0.2, 0.25) is 0 Å². The molecule has 1 aliphatic rings. The van der Waals surface area contributed by atoms with Crippen LogP contribution in [0.5, 0.6) is 5.19 Å². The monoisotopic (exact) mass is 403 g/mol. The van der Waals surface area contributed by atoms with Crippen molar-refractivity contribution in [1.29, 1.82) is 0 Å². The second kappa shape index (κ2) is 6.93. The Balaban J connectivity index is 1.67. The summed E-state index contributed by atoms with van der Waals surface area (Å²) in [6.07, 6.45) is 2.36. The highest BCUT2D eigenvalue weighted by Crippen LogP contribution is 2.24. The van der Waals surface area contributed by atoms with Crippen LogP contribution >= 0.6 is 11.3 Å². The van der Waals surface area contributed by atoms with Crippen molar-refractivity contribution in [1.82, 2.24) is 23.6 Å². The molecular formula is C18H21N5O4S. The third kappa shape index (κ3) is 2.84. The van der Waals surface area contributed by atoms with Gasteiger partial charge >= 0.3 is 5.69 Å². The quantitative estimate of drug-likeness (QED) is 0.629. The first-order valence-corrected chi connectivity index (χ1v) is 9.95. The lowest BCUT2D eigenvalue weighted by molar-refractivity contribution is 0.0169. The molecule has 3 aromatic rings. The van der Waals surface area contributed by atoms with Crippen LogP contribution in [0.25, 0.3) is 11.0 Å². The second-order valence-electron chi connectivity index (χ2n) is 6.87. The second-order valence-corrected chi connectivity index (χ2v) is 7.73. The van der Waals surface area contributed by atoms with E-state index in [0.29, 0.717) is 41.6 Å². The van der Waals surface area contributed by atoms with E-state index in [9.17, 15) is 14.4 Å². The van der Waals surface area contributed by atoms with E-state index in [-0.39, 0.29) is 12.0 Å². The fourth-order valence-electron chi connectivity index (χ4n) is 3.52. The van der Waals surface area contributed by atoms with Gasteiger partial charge in [0.1, 0.15) is 17.4 Å². The van der Waals surface area contributed by atoms with Crippen molar-refractivity contribution in [3.05, 3.63) is 44.2 Å². The van der Waals surface area contributed by atoms with Crippen LogP contribution in [0, 0.1) is 0 Å². The van der Waals surface area contributed by atoms with E-state index >= 15 is 0 Å². The van der Waals surface area contributed by atoms with E-state index in [1.807, 2.05) is 12.3 Å². The van der Waals surface area contributed by atoms with Gasteiger partial charge < -0.3 is 14.2 Å². The highest BCUT2D eigenvalue weighted by molar-refractivity contribution is 7.11. The molecule has 28 heavy (non-hydrogen) atoms. The van der Waals surface area contributed by atoms with Crippen LogP contribution in [-0.4, -0.2) is 48.7 Å². The minimum absolute atomic E-state index is 0.0867. The summed E-state index contributed by atoms with van der Waals surface area (Å²) in [5.74, 6) is -0.168. The maximum Gasteiger partial charge on any atom is 0.332 e. The van der Waals surface area contributed by atoms with E-state index in [2.05, 4.69) is 4.98 Å². The third-order valence-corrected chi connectivity index (χ3v) is 5.63. The van der Waals surface area contributed by atoms with Gasteiger partial charge in [-0.25, -0.2) is 9.78 Å². The Bertz CT molecular complexity index is 1150. The van der Waals surface area contributed by atoms with Gasteiger partial charge in [0.25, 0.3) is 16.7 Å². The zero-order chi connectivity index (χ0) is 20.0. The minimum atomic E-state index is -0.409. The molecule has 0 unspecified atom stereocenters. The standard InChI is InChI=1S/C18H21N5O4S/c1-4-6-23-13(8-12-14(23)20(2)18(26)21(3)15(12)24)16(25)22-9-11(10-22)27-17-19-5-7-28-17/h5,7-8,11H,4,6,9-10H2,1-3H3. The molecule has 0 saturated carbocycles. The Morgan fingerprint density at radius 2 is 2.04 bits per heavy atom. The number of rotatable bonds is 5. The van der Waals surface area contributed by atoms with Gasteiger partial charge in [0, 0.05) is 32.2 Å². The summed E-state index contributed by atoms with van der Waals surface area (Å²) < 4.78 is 9.98. The topological polar surface area (TPSA) is 91.4 Å². The number of thiazole rings is 1. The molecule has 1 aliphatic heterocycles. The van der Waals surface area contributed by atoms with E-state index in [0.717, 1.165) is 11.0 Å². The van der Waals surface area contributed by atoms with Crippen LogP contribution in [0.2, 0.25) is 0 Å². The Labute approximate surface area is 164 Å². The van der Waals surface area contributed by atoms with E-state index in [1.54, 1.807) is 28.8 Å². The molecule has 0 bridgehead atoms. The lowest BCUT2D eigenvalue weighted by atomic mass is 10.1. The average molecular weight is 403 g/mol. The fraction of sp³-hybridized carbons (Fsp3) is 0.444. The van der Waals surface area contributed by atoms with Crippen molar-refractivity contribution in [3.63, 3.8) is 0 Å². The number of fused-ring (bicyclic) bond motifs is 1. The predicted molar refractivity (Wildman–Crippen MR) is 105 cm³/mol. The Hall–Kier alpha value is -2.88. The number of carbonyl (C=O) groups excluding carboxylic acids is 1. The van der Waals surface area contributed by atoms with Gasteiger partial charge in [0.15, 0.2) is 0 Å². The van der Waals surface area contributed by atoms with E-state index < -0.39 is 11.2 Å². The largest absolute Gasteiger partial charge is 0.463 e. The lowest BCUT2D eigenvalue weighted by Gasteiger charge is -2.38. The Kier molecular flexibility index (Phi) is 4.58. The van der Waals surface area contributed by atoms with Gasteiger partial charge in [-0.2, -0.15) is 0 Å². The third-order valence-electron chi connectivity index (χ3n) is 4.97. The normalized spacial score (nSPS) is 14.5. The van der Waals surface area contributed by atoms with Gasteiger partial charge in [0.05, 0.1) is 18.5 Å². The van der Waals surface area contributed by atoms with Crippen LogP contribution in [0.3, 0.4) is 0 Å². The molecule has 1 fully saturated rings. The van der Waals surface area contributed by atoms with Crippen molar-refractivity contribution in [3.8, 4) is 5.19 Å². The van der Waals surface area contributed by atoms with Crippen molar-refractivity contribution in [2.45, 2.75) is 26.0 Å². The number of hydrogen-bond acceptors (Lipinski definition) is 6. The predicted octanol–water partition coefficient (Wildman–Crippen LogP) is 0.809.